The van der Waals surface area contributed by atoms with Crippen LogP contribution >= 0.6 is 0 Å². The molecule has 2 atom stereocenters. The van der Waals surface area contributed by atoms with Crippen LogP contribution in [0.5, 0.6) is 0 Å². The molecule has 0 aliphatic carbocycles. The Hall–Kier alpha value is -1.59. The summed E-state index contributed by atoms with van der Waals surface area (Å²) in [6.07, 6.45) is 50.9. The molecule has 0 bridgehead atoms. The van der Waals surface area contributed by atoms with E-state index >= 15 is 0 Å². The molecule has 0 spiro atoms. The molecule has 0 aliphatic heterocycles. The SMILES string of the molecule is CCCCCCCCCCCCCCCCCCCCC(=O)O[C@@H](COC(=O)CCCCCCCCCCCCCCCC)COC(=O)CCCCCCCCC(C)CC. The molecule has 0 heterocycles. The lowest BCUT2D eigenvalue weighted by atomic mass is 10.00. The van der Waals surface area contributed by atoms with Gasteiger partial charge in [0.2, 0.25) is 0 Å². The van der Waals surface area contributed by atoms with Crippen LogP contribution in [0.4, 0.5) is 0 Å². The Kier molecular flexibility index (Phi) is 47.2. The molecule has 0 rings (SSSR count). The van der Waals surface area contributed by atoms with Crippen LogP contribution in [-0.4, -0.2) is 37.2 Å². The summed E-state index contributed by atoms with van der Waals surface area (Å²) in [5.41, 5.74) is 0. The smallest absolute Gasteiger partial charge is 0.306 e. The zero-order valence-corrected chi connectivity index (χ0v) is 40.9. The van der Waals surface area contributed by atoms with E-state index in [1.165, 1.54) is 199 Å². The first kappa shape index (κ1) is 58.4. The molecule has 0 radical (unpaired) electrons. The van der Waals surface area contributed by atoms with Crippen LogP contribution in [0.15, 0.2) is 0 Å². The molecule has 0 aromatic rings. The van der Waals surface area contributed by atoms with Crippen molar-refractivity contribution >= 4 is 17.9 Å². The maximum absolute atomic E-state index is 12.8. The molecule has 0 aromatic carbocycles. The Morgan fingerprint density at radius 1 is 0.333 bits per heavy atom. The Morgan fingerprint density at radius 3 is 0.867 bits per heavy atom. The summed E-state index contributed by atoms with van der Waals surface area (Å²) >= 11 is 0. The van der Waals surface area contributed by atoms with Crippen molar-refractivity contribution in [2.75, 3.05) is 13.2 Å². The summed E-state index contributed by atoms with van der Waals surface area (Å²) in [6, 6.07) is 0. The van der Waals surface area contributed by atoms with Gasteiger partial charge in [-0.2, -0.15) is 0 Å². The monoisotopic (exact) mass is 849 g/mol. The lowest BCUT2D eigenvalue weighted by Crippen LogP contribution is -2.30. The minimum Gasteiger partial charge on any atom is -0.462 e. The molecule has 0 amide bonds. The third kappa shape index (κ3) is 45.9. The molecule has 0 aromatic heterocycles. The first-order valence-corrected chi connectivity index (χ1v) is 26.9. The molecule has 0 fully saturated rings. The number of rotatable bonds is 49. The summed E-state index contributed by atoms with van der Waals surface area (Å²) in [6.45, 7) is 9.01. The molecule has 0 aliphatic rings. The Bertz CT molecular complexity index is 905. The van der Waals surface area contributed by atoms with Gasteiger partial charge in [0.15, 0.2) is 6.10 Å². The van der Waals surface area contributed by atoms with Crippen LogP contribution < -0.4 is 0 Å². The van der Waals surface area contributed by atoms with Crippen molar-refractivity contribution in [3.63, 3.8) is 0 Å². The summed E-state index contributed by atoms with van der Waals surface area (Å²) in [4.78, 5) is 38.0. The summed E-state index contributed by atoms with van der Waals surface area (Å²) < 4.78 is 16.8. The molecular weight excluding hydrogens is 745 g/mol. The zero-order valence-electron chi connectivity index (χ0n) is 40.9. The average molecular weight is 849 g/mol. The van der Waals surface area contributed by atoms with Crippen molar-refractivity contribution in [1.82, 2.24) is 0 Å². The van der Waals surface area contributed by atoms with Gasteiger partial charge in [0.25, 0.3) is 0 Å². The third-order valence-corrected chi connectivity index (χ3v) is 12.7. The van der Waals surface area contributed by atoms with Gasteiger partial charge >= 0.3 is 17.9 Å². The number of esters is 3. The highest BCUT2D eigenvalue weighted by molar-refractivity contribution is 5.71. The van der Waals surface area contributed by atoms with E-state index in [2.05, 4.69) is 27.7 Å². The molecular formula is C54H104O6. The Labute approximate surface area is 374 Å². The van der Waals surface area contributed by atoms with Gasteiger partial charge in [-0.1, -0.05) is 265 Å². The first-order valence-electron chi connectivity index (χ1n) is 26.9. The highest BCUT2D eigenvalue weighted by Crippen LogP contribution is 2.18. The van der Waals surface area contributed by atoms with Crippen LogP contribution in [0.2, 0.25) is 0 Å². The molecule has 1 unspecified atom stereocenters. The fourth-order valence-corrected chi connectivity index (χ4v) is 8.19. The third-order valence-electron chi connectivity index (χ3n) is 12.7. The van der Waals surface area contributed by atoms with E-state index in [-0.39, 0.29) is 31.1 Å². The highest BCUT2D eigenvalue weighted by atomic mass is 16.6. The standard InChI is InChI=1S/C54H104O6/c1-5-8-10-12-14-16-18-20-22-23-24-25-27-29-31-33-39-43-47-54(57)60-51(49-59-53(56)46-42-38-35-34-36-40-44-50(4)7-3)48-58-52(55)45-41-37-32-30-28-26-21-19-17-15-13-11-9-6-2/h50-51H,5-49H2,1-4H3/t50?,51-/m0/s1. The van der Waals surface area contributed by atoms with E-state index in [9.17, 15) is 14.4 Å². The average Bonchev–Trinajstić information content (AvgIpc) is 3.25. The summed E-state index contributed by atoms with van der Waals surface area (Å²) in [5.74, 6) is -0.0308. The van der Waals surface area contributed by atoms with Gasteiger partial charge in [0.1, 0.15) is 13.2 Å². The zero-order chi connectivity index (χ0) is 43.8. The normalized spacial score (nSPS) is 12.4. The summed E-state index contributed by atoms with van der Waals surface area (Å²) in [5, 5.41) is 0. The minimum absolute atomic E-state index is 0.0633. The van der Waals surface area contributed by atoms with Crippen molar-refractivity contribution in [1.29, 1.82) is 0 Å². The molecule has 6 nitrogen and oxygen atoms in total. The van der Waals surface area contributed by atoms with Gasteiger partial charge < -0.3 is 14.2 Å². The fourth-order valence-electron chi connectivity index (χ4n) is 8.19. The van der Waals surface area contributed by atoms with Crippen LogP contribution in [0.3, 0.4) is 0 Å². The Balaban J connectivity index is 4.27. The van der Waals surface area contributed by atoms with Gasteiger partial charge in [0.05, 0.1) is 0 Å². The van der Waals surface area contributed by atoms with Crippen molar-refractivity contribution in [2.45, 2.75) is 310 Å². The molecule has 356 valence electrons. The molecule has 0 saturated heterocycles. The first-order chi connectivity index (χ1) is 29.4. The predicted octanol–water partition coefficient (Wildman–Crippen LogP) is 17.5. The van der Waals surface area contributed by atoms with Crippen molar-refractivity contribution in [3.8, 4) is 0 Å². The van der Waals surface area contributed by atoms with E-state index in [1.807, 2.05) is 0 Å². The van der Waals surface area contributed by atoms with Crippen molar-refractivity contribution in [2.24, 2.45) is 5.92 Å². The molecule has 0 saturated carbocycles. The number of hydrogen-bond acceptors (Lipinski definition) is 6. The van der Waals surface area contributed by atoms with E-state index in [0.717, 1.165) is 63.7 Å². The lowest BCUT2D eigenvalue weighted by molar-refractivity contribution is -0.167. The maximum atomic E-state index is 12.8. The lowest BCUT2D eigenvalue weighted by Gasteiger charge is -2.18. The van der Waals surface area contributed by atoms with Crippen LogP contribution in [0, 0.1) is 5.92 Å². The van der Waals surface area contributed by atoms with Gasteiger partial charge in [-0.15, -0.1) is 0 Å². The van der Waals surface area contributed by atoms with Crippen LogP contribution in [0.25, 0.3) is 0 Å². The van der Waals surface area contributed by atoms with Crippen molar-refractivity contribution in [3.05, 3.63) is 0 Å². The molecule has 0 N–H and O–H groups in total. The fraction of sp³-hybridized carbons (Fsp3) is 0.944. The maximum Gasteiger partial charge on any atom is 0.306 e. The number of unbranched alkanes of at least 4 members (excludes halogenated alkanes) is 35. The van der Waals surface area contributed by atoms with Crippen LogP contribution in [-0.2, 0) is 28.6 Å². The van der Waals surface area contributed by atoms with Gasteiger partial charge in [-0.05, 0) is 25.2 Å². The van der Waals surface area contributed by atoms with E-state index in [1.54, 1.807) is 0 Å². The van der Waals surface area contributed by atoms with Crippen LogP contribution in [0.1, 0.15) is 304 Å². The molecule has 60 heavy (non-hydrogen) atoms. The second kappa shape index (κ2) is 48.4. The van der Waals surface area contributed by atoms with Crippen molar-refractivity contribution < 1.29 is 28.6 Å². The molecule has 6 heteroatoms. The summed E-state index contributed by atoms with van der Waals surface area (Å²) in [7, 11) is 0. The minimum atomic E-state index is -0.761. The van der Waals surface area contributed by atoms with E-state index in [0.29, 0.717) is 19.3 Å². The van der Waals surface area contributed by atoms with Gasteiger partial charge in [-0.25, -0.2) is 0 Å². The highest BCUT2D eigenvalue weighted by Gasteiger charge is 2.19. The van der Waals surface area contributed by atoms with E-state index < -0.39 is 6.10 Å². The quantitative estimate of drug-likeness (QED) is 0.0345. The number of carbonyl (C=O) groups is 3. The second-order valence-electron chi connectivity index (χ2n) is 18.8. The topological polar surface area (TPSA) is 78.9 Å². The number of hydrogen-bond donors (Lipinski definition) is 0. The van der Waals surface area contributed by atoms with Gasteiger partial charge in [-0.3, -0.25) is 14.4 Å². The van der Waals surface area contributed by atoms with E-state index in [4.69, 9.17) is 14.2 Å². The predicted molar refractivity (Wildman–Crippen MR) is 257 cm³/mol. The Morgan fingerprint density at radius 2 is 0.583 bits per heavy atom. The number of carbonyl (C=O) groups excluding carboxylic acids is 3. The van der Waals surface area contributed by atoms with Gasteiger partial charge in [0, 0.05) is 19.3 Å². The second-order valence-corrected chi connectivity index (χ2v) is 18.8. The largest absolute Gasteiger partial charge is 0.462 e. The number of ether oxygens (including phenoxy) is 3.